The average molecular weight is 234 g/mol. The molecule has 17 heavy (non-hydrogen) atoms. The van der Waals surface area contributed by atoms with Crippen molar-refractivity contribution < 1.29 is 9.90 Å². The van der Waals surface area contributed by atoms with Crippen molar-refractivity contribution in [2.75, 3.05) is 0 Å². The van der Waals surface area contributed by atoms with E-state index < -0.39 is 5.97 Å². The topological polar surface area (TPSA) is 53.2 Å². The molecular formula is C13H18N2O2. The zero-order chi connectivity index (χ0) is 12.6. The molecule has 1 saturated heterocycles. The Labute approximate surface area is 101 Å². The van der Waals surface area contributed by atoms with Crippen molar-refractivity contribution in [3.63, 3.8) is 0 Å². The van der Waals surface area contributed by atoms with Gasteiger partial charge in [0.25, 0.3) is 0 Å². The first-order chi connectivity index (χ1) is 7.96. The van der Waals surface area contributed by atoms with E-state index in [9.17, 15) is 4.79 Å². The lowest BCUT2D eigenvalue weighted by Gasteiger charge is -2.06. The van der Waals surface area contributed by atoms with Gasteiger partial charge in [-0.15, -0.1) is 0 Å². The highest BCUT2D eigenvalue weighted by molar-refractivity contribution is 5.85. The van der Waals surface area contributed by atoms with Gasteiger partial charge in [-0.3, -0.25) is 4.90 Å². The second-order valence-corrected chi connectivity index (χ2v) is 5.02. The second-order valence-electron chi connectivity index (χ2n) is 5.02. The summed E-state index contributed by atoms with van der Waals surface area (Å²) in [5, 5.41) is 8.88. The Hall–Kier alpha value is -1.42. The van der Waals surface area contributed by atoms with Crippen LogP contribution in [0.4, 0.5) is 0 Å². The maximum Gasteiger partial charge on any atom is 0.354 e. The molecule has 0 bridgehead atoms. The number of carbonyl (C=O) groups is 1. The first-order valence-corrected chi connectivity index (χ1v) is 5.92. The number of aromatic nitrogens is 1. The molecule has 0 radical (unpaired) electrons. The molecule has 4 heteroatoms. The summed E-state index contributed by atoms with van der Waals surface area (Å²) in [6.45, 7) is 7.32. The lowest BCUT2D eigenvalue weighted by Crippen LogP contribution is -2.11. The van der Waals surface area contributed by atoms with E-state index in [-0.39, 0.29) is 11.2 Å². The van der Waals surface area contributed by atoms with E-state index >= 15 is 0 Å². The number of carboxylic acid groups (broad SMARTS) is 1. The van der Waals surface area contributed by atoms with E-state index in [0.717, 1.165) is 18.7 Å². The number of carboxylic acids is 1. The van der Waals surface area contributed by atoms with Gasteiger partial charge in [0.15, 0.2) is 0 Å². The molecule has 0 spiro atoms. The van der Waals surface area contributed by atoms with Gasteiger partial charge in [-0.1, -0.05) is 13.0 Å². The molecule has 2 unspecified atom stereocenters. The SMILES string of the molecule is CCC1N(Cc2cccc(C(=O)O)n2)C1(C)C. The van der Waals surface area contributed by atoms with E-state index in [1.165, 1.54) is 6.07 Å². The predicted octanol–water partition coefficient (Wildman–Crippen LogP) is 2.15. The first-order valence-electron chi connectivity index (χ1n) is 5.92. The number of hydrogen-bond acceptors (Lipinski definition) is 3. The Morgan fingerprint density at radius 3 is 2.76 bits per heavy atom. The summed E-state index contributed by atoms with van der Waals surface area (Å²) >= 11 is 0. The van der Waals surface area contributed by atoms with Crippen molar-refractivity contribution in [2.24, 2.45) is 0 Å². The van der Waals surface area contributed by atoms with Crippen LogP contribution in [0.2, 0.25) is 0 Å². The van der Waals surface area contributed by atoms with E-state index in [2.05, 4.69) is 30.7 Å². The van der Waals surface area contributed by atoms with E-state index in [1.54, 1.807) is 6.07 Å². The van der Waals surface area contributed by atoms with Crippen LogP contribution in [0.15, 0.2) is 18.2 Å². The average Bonchev–Trinajstić information content (AvgIpc) is 2.80. The second kappa shape index (κ2) is 4.11. The Morgan fingerprint density at radius 2 is 2.24 bits per heavy atom. The van der Waals surface area contributed by atoms with Gasteiger partial charge in [0.1, 0.15) is 5.69 Å². The first kappa shape index (κ1) is 12.0. The van der Waals surface area contributed by atoms with Crippen LogP contribution in [0.1, 0.15) is 43.4 Å². The monoisotopic (exact) mass is 234 g/mol. The third kappa shape index (κ3) is 2.17. The predicted molar refractivity (Wildman–Crippen MR) is 64.9 cm³/mol. The van der Waals surface area contributed by atoms with Gasteiger partial charge in [-0.05, 0) is 32.4 Å². The fourth-order valence-electron chi connectivity index (χ4n) is 2.55. The standard InChI is InChI=1S/C13H18N2O2/c1-4-11-13(2,3)15(11)8-9-6-5-7-10(14-9)12(16)17/h5-7,11H,4,8H2,1-3H3,(H,16,17). The summed E-state index contributed by atoms with van der Waals surface area (Å²) in [4.78, 5) is 17.3. The van der Waals surface area contributed by atoms with Crippen molar-refractivity contribution in [1.29, 1.82) is 0 Å². The highest BCUT2D eigenvalue weighted by atomic mass is 16.4. The molecule has 2 rings (SSSR count). The van der Waals surface area contributed by atoms with Crippen LogP contribution in [0, 0.1) is 0 Å². The van der Waals surface area contributed by atoms with Crippen LogP contribution in [-0.4, -0.2) is 32.5 Å². The summed E-state index contributed by atoms with van der Waals surface area (Å²) in [5.74, 6) is -0.969. The largest absolute Gasteiger partial charge is 0.477 e. The molecule has 4 nitrogen and oxygen atoms in total. The van der Waals surface area contributed by atoms with Gasteiger partial charge in [0, 0.05) is 18.1 Å². The van der Waals surface area contributed by atoms with Crippen LogP contribution in [0.3, 0.4) is 0 Å². The van der Waals surface area contributed by atoms with Crippen molar-refractivity contribution in [3.05, 3.63) is 29.6 Å². The molecule has 1 aliphatic rings. The molecular weight excluding hydrogens is 216 g/mol. The fraction of sp³-hybridized carbons (Fsp3) is 0.538. The third-order valence-electron chi connectivity index (χ3n) is 3.61. The number of hydrogen-bond donors (Lipinski definition) is 1. The quantitative estimate of drug-likeness (QED) is 0.811. The summed E-state index contributed by atoms with van der Waals surface area (Å²) < 4.78 is 0. The van der Waals surface area contributed by atoms with E-state index in [4.69, 9.17) is 5.11 Å². The van der Waals surface area contributed by atoms with Crippen LogP contribution in [0.25, 0.3) is 0 Å². The molecule has 1 aromatic rings. The Balaban J connectivity index is 2.10. The van der Waals surface area contributed by atoms with Crippen LogP contribution >= 0.6 is 0 Å². The molecule has 1 aliphatic heterocycles. The zero-order valence-corrected chi connectivity index (χ0v) is 10.5. The molecule has 2 atom stereocenters. The summed E-state index contributed by atoms with van der Waals surface area (Å²) in [7, 11) is 0. The van der Waals surface area contributed by atoms with E-state index in [0.29, 0.717) is 6.04 Å². The van der Waals surface area contributed by atoms with Gasteiger partial charge >= 0.3 is 5.97 Å². The van der Waals surface area contributed by atoms with Gasteiger partial charge in [-0.25, -0.2) is 9.78 Å². The molecule has 92 valence electrons. The van der Waals surface area contributed by atoms with Crippen LogP contribution in [-0.2, 0) is 6.54 Å². The number of pyridine rings is 1. The fourth-order valence-corrected chi connectivity index (χ4v) is 2.55. The van der Waals surface area contributed by atoms with Gasteiger partial charge in [0.2, 0.25) is 0 Å². The lowest BCUT2D eigenvalue weighted by molar-refractivity contribution is 0.0690. The zero-order valence-electron chi connectivity index (χ0n) is 10.5. The summed E-state index contributed by atoms with van der Waals surface area (Å²) in [5.41, 5.74) is 1.17. The highest BCUT2D eigenvalue weighted by Crippen LogP contribution is 2.43. The maximum absolute atomic E-state index is 10.8. The molecule has 0 aliphatic carbocycles. The molecule has 0 amide bonds. The minimum absolute atomic E-state index is 0.121. The molecule has 1 N–H and O–H groups in total. The van der Waals surface area contributed by atoms with Crippen LogP contribution < -0.4 is 0 Å². The van der Waals surface area contributed by atoms with Crippen molar-refractivity contribution in [1.82, 2.24) is 9.88 Å². The normalized spacial score (nSPS) is 25.6. The van der Waals surface area contributed by atoms with Gasteiger partial charge < -0.3 is 5.11 Å². The Kier molecular flexibility index (Phi) is 2.91. The Morgan fingerprint density at radius 1 is 1.53 bits per heavy atom. The van der Waals surface area contributed by atoms with Crippen molar-refractivity contribution >= 4 is 5.97 Å². The van der Waals surface area contributed by atoms with Gasteiger partial charge in [-0.2, -0.15) is 0 Å². The molecule has 2 heterocycles. The number of aromatic carboxylic acids is 1. The van der Waals surface area contributed by atoms with Crippen molar-refractivity contribution in [2.45, 2.75) is 45.3 Å². The lowest BCUT2D eigenvalue weighted by atomic mass is 10.1. The van der Waals surface area contributed by atoms with E-state index in [1.807, 2.05) is 6.07 Å². The number of nitrogens with zero attached hydrogens (tertiary/aromatic N) is 2. The molecule has 0 aromatic carbocycles. The molecule has 1 aromatic heterocycles. The summed E-state index contributed by atoms with van der Waals surface area (Å²) in [6.07, 6.45) is 1.12. The van der Waals surface area contributed by atoms with Crippen molar-refractivity contribution in [3.8, 4) is 0 Å². The minimum Gasteiger partial charge on any atom is -0.477 e. The summed E-state index contributed by atoms with van der Waals surface area (Å²) in [6, 6.07) is 5.74. The number of rotatable bonds is 4. The smallest absolute Gasteiger partial charge is 0.354 e. The highest BCUT2D eigenvalue weighted by Gasteiger charge is 2.53. The Bertz CT molecular complexity index is 443. The van der Waals surface area contributed by atoms with Gasteiger partial charge in [0.05, 0.1) is 5.69 Å². The maximum atomic E-state index is 10.8. The minimum atomic E-state index is -0.969. The molecule has 0 saturated carbocycles. The van der Waals surface area contributed by atoms with Crippen LogP contribution in [0.5, 0.6) is 0 Å². The third-order valence-corrected chi connectivity index (χ3v) is 3.61. The molecule has 1 fully saturated rings.